The van der Waals surface area contributed by atoms with Crippen molar-refractivity contribution in [2.45, 2.75) is 32.2 Å². The average molecular weight is 393 g/mol. The largest absolute Gasteiger partial charge is 0.467 e. The molecule has 0 unspecified atom stereocenters. The average Bonchev–Trinajstić information content (AvgIpc) is 3.12. The van der Waals surface area contributed by atoms with Gasteiger partial charge in [0.25, 0.3) is 0 Å². The minimum Gasteiger partial charge on any atom is -0.467 e. The lowest BCUT2D eigenvalue weighted by atomic mass is 10.1. The van der Waals surface area contributed by atoms with Gasteiger partial charge in [-0.1, -0.05) is 0 Å². The van der Waals surface area contributed by atoms with Gasteiger partial charge < -0.3 is 19.5 Å². The molecule has 0 radical (unpaired) electrons. The van der Waals surface area contributed by atoms with Crippen molar-refractivity contribution >= 4 is 29.1 Å². The van der Waals surface area contributed by atoms with Gasteiger partial charge in [-0.05, 0) is 55.2 Å². The lowest BCUT2D eigenvalue weighted by Gasteiger charge is -2.20. The van der Waals surface area contributed by atoms with Crippen LogP contribution < -0.4 is 15.1 Å². The van der Waals surface area contributed by atoms with E-state index in [0.717, 1.165) is 36.2 Å². The number of fused-ring (bicyclic) bond motifs is 1. The Bertz CT molecular complexity index is 964. The molecule has 3 amide bonds. The summed E-state index contributed by atoms with van der Waals surface area (Å²) in [5.41, 5.74) is 2.86. The van der Waals surface area contributed by atoms with Crippen molar-refractivity contribution in [3.05, 3.63) is 47.9 Å². The molecule has 0 spiro atoms. The van der Waals surface area contributed by atoms with Gasteiger partial charge in [-0.25, -0.2) is 0 Å². The van der Waals surface area contributed by atoms with E-state index in [1.807, 2.05) is 23.1 Å². The molecule has 1 atom stereocenters. The third-order valence-electron chi connectivity index (χ3n) is 5.98. The van der Waals surface area contributed by atoms with Crippen LogP contribution in [0.25, 0.3) is 0 Å². The zero-order valence-corrected chi connectivity index (χ0v) is 16.1. The molecule has 7 heteroatoms. The summed E-state index contributed by atoms with van der Waals surface area (Å²) < 4.78 is 5.22. The van der Waals surface area contributed by atoms with Crippen molar-refractivity contribution in [2.24, 2.45) is 11.8 Å². The van der Waals surface area contributed by atoms with E-state index in [1.165, 1.54) is 0 Å². The van der Waals surface area contributed by atoms with Crippen LogP contribution in [-0.4, -0.2) is 30.8 Å². The third kappa shape index (κ3) is 3.41. The monoisotopic (exact) mass is 393 g/mol. The van der Waals surface area contributed by atoms with Crippen molar-refractivity contribution in [1.82, 2.24) is 5.32 Å². The lowest BCUT2D eigenvalue weighted by molar-refractivity contribution is -0.126. The van der Waals surface area contributed by atoms with Crippen LogP contribution in [0.15, 0.2) is 41.0 Å². The van der Waals surface area contributed by atoms with Crippen LogP contribution in [0.2, 0.25) is 0 Å². The fourth-order valence-electron chi connectivity index (χ4n) is 4.20. The normalized spacial score (nSPS) is 20.8. The van der Waals surface area contributed by atoms with Gasteiger partial charge in [0.1, 0.15) is 5.76 Å². The molecule has 5 rings (SSSR count). The molecule has 2 aromatic rings. The Morgan fingerprint density at radius 2 is 2.03 bits per heavy atom. The number of carbonyl (C=O) groups is 3. The van der Waals surface area contributed by atoms with E-state index in [0.29, 0.717) is 25.4 Å². The molecule has 1 N–H and O–H groups in total. The van der Waals surface area contributed by atoms with Gasteiger partial charge in [-0.2, -0.15) is 0 Å². The maximum Gasteiger partial charge on any atom is 0.230 e. The minimum absolute atomic E-state index is 0.0491. The van der Waals surface area contributed by atoms with Gasteiger partial charge in [0.15, 0.2) is 0 Å². The SMILES string of the molecule is O=C(NCc1ccco1)[C@H]1CC(=O)N(c2ccc3c(c2)CCN3C(=O)C2CC2)C1. The Morgan fingerprint density at radius 3 is 2.79 bits per heavy atom. The summed E-state index contributed by atoms with van der Waals surface area (Å²) in [6.45, 7) is 1.40. The van der Waals surface area contributed by atoms with Gasteiger partial charge in [-0.3, -0.25) is 14.4 Å². The van der Waals surface area contributed by atoms with Gasteiger partial charge in [-0.15, -0.1) is 0 Å². The molecule has 1 saturated carbocycles. The highest BCUT2D eigenvalue weighted by Crippen LogP contribution is 2.38. The molecular formula is C22H23N3O4. The second-order valence-corrected chi connectivity index (χ2v) is 8.03. The number of carbonyl (C=O) groups excluding carboxylic acids is 3. The van der Waals surface area contributed by atoms with E-state index in [9.17, 15) is 14.4 Å². The number of anilines is 2. The number of nitrogens with one attached hydrogen (secondary N) is 1. The molecule has 2 fully saturated rings. The summed E-state index contributed by atoms with van der Waals surface area (Å²) in [5.74, 6) is 0.539. The molecule has 0 bridgehead atoms. The zero-order valence-electron chi connectivity index (χ0n) is 16.1. The number of hydrogen-bond donors (Lipinski definition) is 1. The number of rotatable bonds is 5. The van der Waals surface area contributed by atoms with Crippen LogP contribution in [-0.2, 0) is 27.3 Å². The molecule has 3 aliphatic rings. The second-order valence-electron chi connectivity index (χ2n) is 8.03. The molecule has 7 nitrogen and oxygen atoms in total. The number of nitrogens with zero attached hydrogens (tertiary/aromatic N) is 2. The van der Waals surface area contributed by atoms with E-state index in [1.54, 1.807) is 23.3 Å². The van der Waals surface area contributed by atoms with Gasteiger partial charge in [0.05, 0.1) is 18.7 Å². The first-order chi connectivity index (χ1) is 14.1. The van der Waals surface area contributed by atoms with Crippen LogP contribution in [0, 0.1) is 11.8 Å². The van der Waals surface area contributed by atoms with Crippen molar-refractivity contribution in [1.29, 1.82) is 0 Å². The Labute approximate surface area is 168 Å². The lowest BCUT2D eigenvalue weighted by Crippen LogP contribution is -2.32. The summed E-state index contributed by atoms with van der Waals surface area (Å²) in [7, 11) is 0. The summed E-state index contributed by atoms with van der Waals surface area (Å²) in [5, 5.41) is 2.84. The van der Waals surface area contributed by atoms with Crippen molar-refractivity contribution in [2.75, 3.05) is 22.9 Å². The quantitative estimate of drug-likeness (QED) is 0.845. The number of amides is 3. The highest BCUT2D eigenvalue weighted by atomic mass is 16.3. The summed E-state index contributed by atoms with van der Waals surface area (Å²) in [6.07, 6.45) is 4.56. The van der Waals surface area contributed by atoms with Crippen LogP contribution in [0.5, 0.6) is 0 Å². The molecule has 1 saturated heterocycles. The zero-order chi connectivity index (χ0) is 20.0. The van der Waals surface area contributed by atoms with E-state index < -0.39 is 0 Å². The maximum absolute atomic E-state index is 12.6. The minimum atomic E-state index is -0.376. The number of furan rings is 1. The first kappa shape index (κ1) is 18.0. The van der Waals surface area contributed by atoms with Crippen molar-refractivity contribution in [3.63, 3.8) is 0 Å². The van der Waals surface area contributed by atoms with Crippen molar-refractivity contribution < 1.29 is 18.8 Å². The fourth-order valence-corrected chi connectivity index (χ4v) is 4.20. The molecule has 1 aliphatic carbocycles. The smallest absolute Gasteiger partial charge is 0.230 e. The molecular weight excluding hydrogens is 370 g/mol. The van der Waals surface area contributed by atoms with E-state index in [-0.39, 0.29) is 36.0 Å². The van der Waals surface area contributed by atoms with Crippen molar-refractivity contribution in [3.8, 4) is 0 Å². The molecule has 1 aromatic carbocycles. The molecule has 150 valence electrons. The summed E-state index contributed by atoms with van der Waals surface area (Å²) in [6, 6.07) is 9.40. The predicted octanol–water partition coefficient (Wildman–Crippen LogP) is 2.25. The molecule has 2 aliphatic heterocycles. The number of benzene rings is 1. The van der Waals surface area contributed by atoms with Crippen LogP contribution >= 0.6 is 0 Å². The first-order valence-electron chi connectivity index (χ1n) is 10.1. The highest BCUT2D eigenvalue weighted by molar-refractivity contribution is 6.02. The number of hydrogen-bond acceptors (Lipinski definition) is 4. The van der Waals surface area contributed by atoms with Crippen LogP contribution in [0.4, 0.5) is 11.4 Å². The van der Waals surface area contributed by atoms with Gasteiger partial charge in [0, 0.05) is 36.8 Å². The molecule has 1 aromatic heterocycles. The van der Waals surface area contributed by atoms with Gasteiger partial charge in [0.2, 0.25) is 17.7 Å². The second kappa shape index (κ2) is 7.06. The van der Waals surface area contributed by atoms with E-state index >= 15 is 0 Å². The van der Waals surface area contributed by atoms with E-state index in [2.05, 4.69) is 5.32 Å². The van der Waals surface area contributed by atoms with Crippen LogP contribution in [0.1, 0.15) is 30.6 Å². The Hall–Kier alpha value is -3.09. The third-order valence-corrected chi connectivity index (χ3v) is 5.98. The maximum atomic E-state index is 12.6. The van der Waals surface area contributed by atoms with E-state index in [4.69, 9.17) is 4.42 Å². The topological polar surface area (TPSA) is 82.9 Å². The van der Waals surface area contributed by atoms with Gasteiger partial charge >= 0.3 is 0 Å². The summed E-state index contributed by atoms with van der Waals surface area (Å²) in [4.78, 5) is 41.0. The van der Waals surface area contributed by atoms with Crippen LogP contribution in [0.3, 0.4) is 0 Å². The Morgan fingerprint density at radius 1 is 1.17 bits per heavy atom. The predicted molar refractivity (Wildman–Crippen MR) is 106 cm³/mol. The standard InChI is InChI=1S/C22H23N3O4/c26-20-11-16(21(27)23-12-18-2-1-9-29-18)13-25(20)17-5-6-19-15(10-17)7-8-24(19)22(28)14-3-4-14/h1-2,5-6,9-10,14,16H,3-4,7-8,11-13H2,(H,23,27)/t16-/m0/s1. The first-order valence-corrected chi connectivity index (χ1v) is 10.1. The fraction of sp³-hybridized carbons (Fsp3) is 0.409. The molecule has 3 heterocycles. The Kier molecular flexibility index (Phi) is 4.38. The highest BCUT2D eigenvalue weighted by Gasteiger charge is 2.38. The summed E-state index contributed by atoms with van der Waals surface area (Å²) >= 11 is 0. The molecule has 29 heavy (non-hydrogen) atoms. The Balaban J connectivity index is 1.26.